The third kappa shape index (κ3) is 4.29. The fraction of sp³-hybridized carbons (Fsp3) is 0. The summed E-state index contributed by atoms with van der Waals surface area (Å²) in [6.45, 7) is 0. The summed E-state index contributed by atoms with van der Waals surface area (Å²) in [6.07, 6.45) is 0. The molecule has 0 unspecified atom stereocenters. The molecule has 2 heteroatoms. The Morgan fingerprint density at radius 2 is 0.900 bits per heavy atom. The van der Waals surface area contributed by atoms with Gasteiger partial charge in [-0.15, -0.1) is 0 Å². The topological polar surface area (TPSA) is 8.17 Å². The summed E-state index contributed by atoms with van der Waals surface area (Å²) in [5, 5.41) is 9.84. The highest BCUT2D eigenvalue weighted by Gasteiger charge is 2.27. The van der Waals surface area contributed by atoms with Crippen LogP contribution >= 0.6 is 0 Å². The van der Waals surface area contributed by atoms with Gasteiger partial charge in [-0.3, -0.25) is 0 Å². The highest BCUT2D eigenvalue weighted by molar-refractivity contribution is 6.25. The number of rotatable bonds is 5. The third-order valence-corrected chi connectivity index (χ3v) is 10.1. The molecule has 2 nitrogen and oxygen atoms in total. The van der Waals surface area contributed by atoms with Crippen molar-refractivity contribution >= 4 is 71.2 Å². The van der Waals surface area contributed by atoms with E-state index in [2.05, 4.69) is 204 Å². The number of hydrogen-bond acceptors (Lipinski definition) is 1. The van der Waals surface area contributed by atoms with Crippen LogP contribution in [-0.2, 0) is 0 Å². The van der Waals surface area contributed by atoms with Crippen LogP contribution < -0.4 is 4.90 Å². The first-order valence-electron chi connectivity index (χ1n) is 17.2. The summed E-state index contributed by atoms with van der Waals surface area (Å²) >= 11 is 0. The van der Waals surface area contributed by atoms with Crippen LogP contribution in [0.4, 0.5) is 17.1 Å². The summed E-state index contributed by atoms with van der Waals surface area (Å²) in [4.78, 5) is 2.52. The van der Waals surface area contributed by atoms with E-state index in [1.165, 1.54) is 70.9 Å². The van der Waals surface area contributed by atoms with Crippen LogP contribution in [0.1, 0.15) is 0 Å². The summed E-state index contributed by atoms with van der Waals surface area (Å²) < 4.78 is 2.44. The first-order chi connectivity index (χ1) is 24.9. The number of hydrogen-bond donors (Lipinski definition) is 0. The van der Waals surface area contributed by atoms with Gasteiger partial charge in [0.25, 0.3) is 0 Å². The van der Waals surface area contributed by atoms with Crippen LogP contribution in [0, 0.1) is 0 Å². The molecule has 0 saturated carbocycles. The molecule has 10 aromatic rings. The molecule has 0 aliphatic heterocycles. The molecule has 0 fully saturated rings. The molecule has 0 saturated heterocycles. The van der Waals surface area contributed by atoms with Gasteiger partial charge in [0.2, 0.25) is 0 Å². The van der Waals surface area contributed by atoms with Crippen LogP contribution in [0.3, 0.4) is 0 Å². The van der Waals surface area contributed by atoms with Crippen molar-refractivity contribution in [1.82, 2.24) is 4.57 Å². The van der Waals surface area contributed by atoms with Gasteiger partial charge in [0.05, 0.1) is 22.4 Å². The first kappa shape index (κ1) is 28.4. The zero-order valence-corrected chi connectivity index (χ0v) is 27.4. The van der Waals surface area contributed by atoms with Crippen molar-refractivity contribution in [1.29, 1.82) is 0 Å². The second-order valence-corrected chi connectivity index (χ2v) is 12.9. The van der Waals surface area contributed by atoms with E-state index in [1.54, 1.807) is 0 Å². The van der Waals surface area contributed by atoms with Crippen molar-refractivity contribution in [2.45, 2.75) is 0 Å². The standard InChI is InChI=1S/C48H32N2/c1-3-19-34(20-4-1)49-44-31-14-13-26-39(44)43-30-16-32-45(47(43)49)50(35-21-5-2-6-22-35)48-42-28-12-10-25-38(42)37-24-9-11-27-41(37)46(48)40-29-15-18-33-17-7-8-23-36(33)40/h1-32H. The maximum Gasteiger partial charge on any atom is 0.0782 e. The van der Waals surface area contributed by atoms with E-state index in [9.17, 15) is 0 Å². The van der Waals surface area contributed by atoms with E-state index in [0.29, 0.717) is 0 Å². The average Bonchev–Trinajstić information content (AvgIpc) is 3.54. The predicted octanol–water partition coefficient (Wildman–Crippen LogP) is 13.4. The van der Waals surface area contributed by atoms with E-state index >= 15 is 0 Å². The predicted molar refractivity (Wildman–Crippen MR) is 213 cm³/mol. The Morgan fingerprint density at radius 1 is 0.360 bits per heavy atom. The molecule has 0 radical (unpaired) electrons. The number of aromatic nitrogens is 1. The van der Waals surface area contributed by atoms with Crippen molar-refractivity contribution in [3.63, 3.8) is 0 Å². The number of para-hydroxylation sites is 4. The Kier molecular flexibility index (Phi) is 6.53. The molecule has 234 valence electrons. The molecule has 1 aromatic heterocycles. The Hall–Kier alpha value is -6.64. The normalized spacial score (nSPS) is 11.6. The molecule has 0 N–H and O–H groups in total. The van der Waals surface area contributed by atoms with Crippen LogP contribution in [0.5, 0.6) is 0 Å². The van der Waals surface area contributed by atoms with Gasteiger partial charge in [0, 0.05) is 33.1 Å². The highest BCUT2D eigenvalue weighted by Crippen LogP contribution is 2.52. The number of nitrogens with zero attached hydrogens (tertiary/aromatic N) is 2. The van der Waals surface area contributed by atoms with Crippen LogP contribution in [0.25, 0.3) is 70.9 Å². The van der Waals surface area contributed by atoms with E-state index < -0.39 is 0 Å². The summed E-state index contributed by atoms with van der Waals surface area (Å²) in [5.41, 5.74) is 9.33. The lowest BCUT2D eigenvalue weighted by Gasteiger charge is -2.31. The minimum absolute atomic E-state index is 1.10. The van der Waals surface area contributed by atoms with Crippen molar-refractivity contribution < 1.29 is 0 Å². The summed E-state index contributed by atoms with van der Waals surface area (Å²) in [7, 11) is 0. The van der Waals surface area contributed by atoms with Crippen molar-refractivity contribution in [3.8, 4) is 16.8 Å². The molecular formula is C48H32N2. The minimum Gasteiger partial charge on any atom is -0.307 e. The number of anilines is 3. The molecule has 0 aliphatic carbocycles. The maximum atomic E-state index is 2.52. The van der Waals surface area contributed by atoms with Gasteiger partial charge in [-0.25, -0.2) is 0 Å². The Labute approximate surface area is 290 Å². The fourth-order valence-electron chi connectivity index (χ4n) is 8.06. The molecule has 0 aliphatic rings. The van der Waals surface area contributed by atoms with Crippen molar-refractivity contribution in [3.05, 3.63) is 194 Å². The zero-order valence-electron chi connectivity index (χ0n) is 27.4. The monoisotopic (exact) mass is 636 g/mol. The van der Waals surface area contributed by atoms with Crippen LogP contribution in [-0.4, -0.2) is 4.57 Å². The summed E-state index contributed by atoms with van der Waals surface area (Å²) in [6, 6.07) is 70.5. The lowest BCUT2D eigenvalue weighted by atomic mass is 9.88. The molecular weight excluding hydrogens is 605 g/mol. The summed E-state index contributed by atoms with van der Waals surface area (Å²) in [5.74, 6) is 0. The average molecular weight is 637 g/mol. The second kappa shape index (κ2) is 11.5. The SMILES string of the molecule is c1ccc(N(c2c(-c3cccc4ccccc34)c3ccccc3c3ccccc23)c2cccc3c4ccccc4n(-c4ccccc4)c23)cc1. The lowest BCUT2D eigenvalue weighted by Crippen LogP contribution is -2.14. The van der Waals surface area contributed by atoms with E-state index in [0.717, 1.165) is 17.1 Å². The van der Waals surface area contributed by atoms with Crippen LogP contribution in [0.15, 0.2) is 194 Å². The zero-order chi connectivity index (χ0) is 33.0. The largest absolute Gasteiger partial charge is 0.307 e. The molecule has 50 heavy (non-hydrogen) atoms. The van der Waals surface area contributed by atoms with E-state index in [1.807, 2.05) is 0 Å². The molecule has 0 amide bonds. The van der Waals surface area contributed by atoms with Gasteiger partial charge in [-0.2, -0.15) is 0 Å². The smallest absolute Gasteiger partial charge is 0.0782 e. The van der Waals surface area contributed by atoms with Gasteiger partial charge in [-0.05, 0) is 68.9 Å². The molecule has 0 atom stereocenters. The fourth-order valence-corrected chi connectivity index (χ4v) is 8.06. The number of fused-ring (bicyclic) bond motifs is 7. The Balaban J connectivity index is 1.44. The Bertz CT molecular complexity index is 2860. The molecule has 1 heterocycles. The second-order valence-electron chi connectivity index (χ2n) is 12.9. The van der Waals surface area contributed by atoms with E-state index in [-0.39, 0.29) is 0 Å². The van der Waals surface area contributed by atoms with Gasteiger partial charge >= 0.3 is 0 Å². The van der Waals surface area contributed by atoms with Crippen LogP contribution in [0.2, 0.25) is 0 Å². The molecule has 0 spiro atoms. The Morgan fingerprint density at radius 3 is 1.68 bits per heavy atom. The van der Waals surface area contributed by atoms with Gasteiger partial charge in [-0.1, -0.05) is 158 Å². The third-order valence-electron chi connectivity index (χ3n) is 10.1. The van der Waals surface area contributed by atoms with Gasteiger partial charge in [0.15, 0.2) is 0 Å². The van der Waals surface area contributed by atoms with E-state index in [4.69, 9.17) is 0 Å². The number of benzene rings is 9. The lowest BCUT2D eigenvalue weighted by molar-refractivity contribution is 1.17. The highest BCUT2D eigenvalue weighted by atomic mass is 15.2. The van der Waals surface area contributed by atoms with Crippen molar-refractivity contribution in [2.24, 2.45) is 0 Å². The first-order valence-corrected chi connectivity index (χ1v) is 17.2. The molecule has 10 rings (SSSR count). The molecule has 9 aromatic carbocycles. The van der Waals surface area contributed by atoms with Gasteiger partial charge in [0.1, 0.15) is 0 Å². The minimum atomic E-state index is 1.10. The maximum absolute atomic E-state index is 2.52. The van der Waals surface area contributed by atoms with Gasteiger partial charge < -0.3 is 9.47 Å². The quantitative estimate of drug-likeness (QED) is 0.171. The molecule has 0 bridgehead atoms. The van der Waals surface area contributed by atoms with Crippen molar-refractivity contribution in [2.75, 3.05) is 4.90 Å².